The van der Waals surface area contributed by atoms with Crippen molar-refractivity contribution in [1.29, 1.82) is 0 Å². The number of piperidine rings is 1. The Morgan fingerprint density at radius 1 is 1.00 bits per heavy atom. The van der Waals surface area contributed by atoms with Gasteiger partial charge in [-0.3, -0.25) is 0 Å². The zero-order valence-electron chi connectivity index (χ0n) is 15.6. The second-order valence-corrected chi connectivity index (χ2v) is 7.13. The monoisotopic (exact) mass is 359 g/mol. The van der Waals surface area contributed by atoms with Gasteiger partial charge in [-0.05, 0) is 61.7 Å². The van der Waals surface area contributed by atoms with Crippen LogP contribution in [-0.4, -0.2) is 29.1 Å². The topological polar surface area (TPSA) is 67.1 Å². The smallest absolute Gasteiger partial charge is 0.132 e. The van der Waals surface area contributed by atoms with Gasteiger partial charge in [-0.2, -0.15) is 0 Å². The zero-order chi connectivity index (χ0) is 18.6. The first-order chi connectivity index (χ1) is 13.2. The van der Waals surface area contributed by atoms with Gasteiger partial charge in [0.05, 0.1) is 5.69 Å². The van der Waals surface area contributed by atoms with E-state index in [1.165, 1.54) is 5.69 Å². The summed E-state index contributed by atoms with van der Waals surface area (Å²) in [7, 11) is 0. The van der Waals surface area contributed by atoms with Crippen molar-refractivity contribution in [2.75, 3.05) is 23.3 Å². The predicted octanol–water partition coefficient (Wildman–Crippen LogP) is 4.12. The molecule has 4 rings (SSSR count). The molecule has 5 nitrogen and oxygen atoms in total. The van der Waals surface area contributed by atoms with E-state index in [9.17, 15) is 0 Å². The molecule has 0 bridgehead atoms. The van der Waals surface area contributed by atoms with Crippen LogP contribution in [0.2, 0.25) is 0 Å². The van der Waals surface area contributed by atoms with E-state index in [0.29, 0.717) is 6.04 Å². The molecule has 3 N–H and O–H groups in total. The number of aromatic nitrogens is 2. The lowest BCUT2D eigenvalue weighted by atomic mass is 10.0. The standard InChI is InChI=1S/C22H25N5/c1-16-8-11-24-22(14-16)26-21-7-3-6-20(25-21)17-4-2-5-19(15-17)27-12-9-18(23)10-13-27/h2-8,11,14-15,18H,9-10,12-13,23H2,1H3,(H,24,25,26). The molecule has 0 unspecified atom stereocenters. The lowest BCUT2D eigenvalue weighted by Gasteiger charge is -2.32. The van der Waals surface area contributed by atoms with Crippen LogP contribution in [0.3, 0.4) is 0 Å². The van der Waals surface area contributed by atoms with Gasteiger partial charge >= 0.3 is 0 Å². The Balaban J connectivity index is 1.56. The fraction of sp³-hybridized carbons (Fsp3) is 0.273. The summed E-state index contributed by atoms with van der Waals surface area (Å²) in [4.78, 5) is 11.5. The Kier molecular flexibility index (Phi) is 5.03. The molecule has 0 radical (unpaired) electrons. The molecular formula is C22H25N5. The van der Waals surface area contributed by atoms with Crippen molar-refractivity contribution in [3.05, 3.63) is 66.4 Å². The van der Waals surface area contributed by atoms with Gasteiger partial charge < -0.3 is 16.0 Å². The van der Waals surface area contributed by atoms with Crippen molar-refractivity contribution in [2.45, 2.75) is 25.8 Å². The Morgan fingerprint density at radius 3 is 2.63 bits per heavy atom. The summed E-state index contributed by atoms with van der Waals surface area (Å²) in [6.45, 7) is 4.08. The van der Waals surface area contributed by atoms with E-state index in [2.05, 4.69) is 46.4 Å². The fourth-order valence-electron chi connectivity index (χ4n) is 3.42. The lowest BCUT2D eigenvalue weighted by molar-refractivity contribution is 0.501. The highest BCUT2D eigenvalue weighted by atomic mass is 15.1. The van der Waals surface area contributed by atoms with E-state index in [4.69, 9.17) is 10.7 Å². The summed E-state index contributed by atoms with van der Waals surface area (Å²) in [5, 5.41) is 3.29. The average Bonchev–Trinajstić information content (AvgIpc) is 2.69. The van der Waals surface area contributed by atoms with Crippen LogP contribution >= 0.6 is 0 Å². The number of anilines is 3. The van der Waals surface area contributed by atoms with E-state index < -0.39 is 0 Å². The van der Waals surface area contributed by atoms with Crippen molar-refractivity contribution in [3.63, 3.8) is 0 Å². The molecule has 0 spiro atoms. The lowest BCUT2D eigenvalue weighted by Crippen LogP contribution is -2.39. The highest BCUT2D eigenvalue weighted by Gasteiger charge is 2.16. The molecule has 27 heavy (non-hydrogen) atoms. The molecule has 0 amide bonds. The third kappa shape index (κ3) is 4.26. The molecule has 5 heteroatoms. The predicted molar refractivity (Wildman–Crippen MR) is 111 cm³/mol. The van der Waals surface area contributed by atoms with Gasteiger partial charge in [-0.25, -0.2) is 9.97 Å². The molecule has 0 saturated carbocycles. The molecule has 0 aliphatic carbocycles. The Labute approximate surface area is 160 Å². The first-order valence-electron chi connectivity index (χ1n) is 9.45. The number of nitrogens with zero attached hydrogens (tertiary/aromatic N) is 3. The van der Waals surface area contributed by atoms with Crippen LogP contribution in [0.5, 0.6) is 0 Å². The summed E-state index contributed by atoms with van der Waals surface area (Å²) < 4.78 is 0. The molecule has 3 heterocycles. The zero-order valence-corrected chi connectivity index (χ0v) is 15.6. The molecule has 1 aliphatic heterocycles. The van der Waals surface area contributed by atoms with Crippen LogP contribution in [0.1, 0.15) is 18.4 Å². The highest BCUT2D eigenvalue weighted by Crippen LogP contribution is 2.26. The third-order valence-electron chi connectivity index (χ3n) is 4.97. The Bertz CT molecular complexity index is 916. The largest absolute Gasteiger partial charge is 0.371 e. The number of nitrogens with two attached hydrogens (primary N) is 1. The van der Waals surface area contributed by atoms with Gasteiger partial charge in [-0.1, -0.05) is 18.2 Å². The van der Waals surface area contributed by atoms with Gasteiger partial charge in [0.2, 0.25) is 0 Å². The maximum absolute atomic E-state index is 6.04. The van der Waals surface area contributed by atoms with Crippen LogP contribution in [0.15, 0.2) is 60.8 Å². The maximum Gasteiger partial charge on any atom is 0.132 e. The SMILES string of the molecule is Cc1ccnc(Nc2cccc(-c3cccc(N4CCC(N)CC4)c3)n2)c1. The number of hydrogen-bond donors (Lipinski definition) is 2. The molecule has 1 aliphatic rings. The number of rotatable bonds is 4. The van der Waals surface area contributed by atoms with Gasteiger partial charge in [0, 0.05) is 36.6 Å². The summed E-state index contributed by atoms with van der Waals surface area (Å²) in [5.74, 6) is 1.60. The molecule has 2 aromatic heterocycles. The van der Waals surface area contributed by atoms with Crippen LogP contribution in [0, 0.1) is 6.92 Å². The van der Waals surface area contributed by atoms with Gasteiger partial charge in [0.1, 0.15) is 11.6 Å². The molecular weight excluding hydrogens is 334 g/mol. The minimum atomic E-state index is 0.337. The molecule has 1 saturated heterocycles. The van der Waals surface area contributed by atoms with Crippen LogP contribution in [0.4, 0.5) is 17.3 Å². The summed E-state index contributed by atoms with van der Waals surface area (Å²) in [6.07, 6.45) is 3.90. The second kappa shape index (κ2) is 7.76. The third-order valence-corrected chi connectivity index (χ3v) is 4.97. The quantitative estimate of drug-likeness (QED) is 0.733. The Morgan fingerprint density at radius 2 is 1.81 bits per heavy atom. The molecule has 3 aromatic rings. The molecule has 1 fully saturated rings. The van der Waals surface area contributed by atoms with Crippen LogP contribution < -0.4 is 16.0 Å². The molecule has 138 valence electrons. The van der Waals surface area contributed by atoms with Gasteiger partial charge in [-0.15, -0.1) is 0 Å². The fourth-order valence-corrected chi connectivity index (χ4v) is 3.42. The summed E-state index contributed by atoms with van der Waals surface area (Å²) in [6, 6.07) is 18.9. The van der Waals surface area contributed by atoms with Gasteiger partial charge in [0.25, 0.3) is 0 Å². The summed E-state index contributed by atoms with van der Waals surface area (Å²) >= 11 is 0. The Hall–Kier alpha value is -2.92. The van der Waals surface area contributed by atoms with Crippen molar-refractivity contribution in [1.82, 2.24) is 9.97 Å². The number of benzene rings is 1. The highest BCUT2D eigenvalue weighted by molar-refractivity contribution is 5.68. The minimum absolute atomic E-state index is 0.337. The van der Waals surface area contributed by atoms with Crippen LogP contribution in [0.25, 0.3) is 11.3 Å². The van der Waals surface area contributed by atoms with E-state index in [1.54, 1.807) is 6.20 Å². The van der Waals surface area contributed by atoms with Gasteiger partial charge in [0.15, 0.2) is 0 Å². The molecule has 1 aromatic carbocycles. The van der Waals surface area contributed by atoms with Crippen molar-refractivity contribution < 1.29 is 0 Å². The number of nitrogens with one attached hydrogen (secondary N) is 1. The van der Waals surface area contributed by atoms with Crippen molar-refractivity contribution >= 4 is 17.3 Å². The van der Waals surface area contributed by atoms with E-state index in [1.807, 2.05) is 30.3 Å². The minimum Gasteiger partial charge on any atom is -0.371 e. The first-order valence-corrected chi connectivity index (χ1v) is 9.45. The van der Waals surface area contributed by atoms with E-state index in [0.717, 1.165) is 54.4 Å². The number of pyridine rings is 2. The maximum atomic E-state index is 6.04. The van der Waals surface area contributed by atoms with Crippen LogP contribution in [-0.2, 0) is 0 Å². The average molecular weight is 359 g/mol. The molecule has 0 atom stereocenters. The number of hydrogen-bond acceptors (Lipinski definition) is 5. The van der Waals surface area contributed by atoms with E-state index in [-0.39, 0.29) is 0 Å². The number of aryl methyl sites for hydroxylation is 1. The van der Waals surface area contributed by atoms with E-state index >= 15 is 0 Å². The van der Waals surface area contributed by atoms with Crippen molar-refractivity contribution in [3.8, 4) is 11.3 Å². The second-order valence-electron chi connectivity index (χ2n) is 7.13. The first kappa shape index (κ1) is 17.5. The van der Waals surface area contributed by atoms with Crippen molar-refractivity contribution in [2.24, 2.45) is 5.73 Å². The normalized spacial score (nSPS) is 15.0. The summed E-state index contributed by atoms with van der Waals surface area (Å²) in [5.41, 5.74) is 10.5.